The molecule has 0 spiro atoms. The lowest BCUT2D eigenvalue weighted by molar-refractivity contribution is -0.141. The van der Waals surface area contributed by atoms with Gasteiger partial charge >= 0.3 is 6.18 Å². The summed E-state index contributed by atoms with van der Waals surface area (Å²) < 4.78 is 49.3. The molecule has 36 heavy (non-hydrogen) atoms. The van der Waals surface area contributed by atoms with Crippen molar-refractivity contribution >= 4 is 63.5 Å². The van der Waals surface area contributed by atoms with Crippen molar-refractivity contribution in [1.29, 1.82) is 0 Å². The number of hydrogen-bond acceptors (Lipinski definition) is 7. The lowest BCUT2D eigenvalue weighted by atomic mass is 10.1. The van der Waals surface area contributed by atoms with Gasteiger partial charge in [0, 0.05) is 18.8 Å². The quantitative estimate of drug-likeness (QED) is 0.346. The number of halogens is 5. The molecule has 1 saturated carbocycles. The van der Waals surface area contributed by atoms with Crippen LogP contribution in [-0.2, 0) is 6.18 Å². The van der Waals surface area contributed by atoms with Crippen molar-refractivity contribution in [2.24, 2.45) is 5.92 Å². The molecule has 9 nitrogen and oxygen atoms in total. The molecule has 0 aliphatic heterocycles. The Hall–Kier alpha value is -3.29. The maximum absolute atomic E-state index is 13.5. The maximum Gasteiger partial charge on any atom is 0.435 e. The van der Waals surface area contributed by atoms with Crippen molar-refractivity contribution in [2.75, 3.05) is 11.9 Å². The number of amides is 2. The molecule has 0 atom stereocenters. The van der Waals surface area contributed by atoms with E-state index < -0.39 is 29.4 Å². The summed E-state index contributed by atoms with van der Waals surface area (Å²) in [6.07, 6.45) is -1.55. The molecule has 4 aromatic rings. The number of anilines is 1. The molecule has 3 heterocycles. The van der Waals surface area contributed by atoms with Crippen molar-refractivity contribution in [3.63, 3.8) is 0 Å². The Morgan fingerprint density at radius 1 is 1.17 bits per heavy atom. The highest BCUT2D eigenvalue weighted by Gasteiger charge is 2.37. The molecule has 0 saturated heterocycles. The Bertz CT molecular complexity index is 1500. The summed E-state index contributed by atoms with van der Waals surface area (Å²) in [6, 6.07) is 4.84. The minimum Gasteiger partial charge on any atom is -0.352 e. The van der Waals surface area contributed by atoms with Crippen LogP contribution in [0.5, 0.6) is 0 Å². The number of benzene rings is 1. The molecule has 186 valence electrons. The maximum atomic E-state index is 13.5. The van der Waals surface area contributed by atoms with Crippen LogP contribution in [0, 0.1) is 5.92 Å². The van der Waals surface area contributed by atoms with Gasteiger partial charge in [0.05, 0.1) is 33.0 Å². The van der Waals surface area contributed by atoms with E-state index >= 15 is 0 Å². The molecule has 3 aromatic heterocycles. The molecule has 0 bridgehead atoms. The second-order valence-corrected chi connectivity index (χ2v) is 9.30. The molecule has 0 unspecified atom stereocenters. The lowest BCUT2D eigenvalue weighted by Crippen LogP contribution is -2.27. The average molecular weight is 556 g/mol. The van der Waals surface area contributed by atoms with Gasteiger partial charge in [0.2, 0.25) is 0 Å². The van der Waals surface area contributed by atoms with Gasteiger partial charge in [-0.05, 0) is 37.0 Å². The third-order valence-corrected chi connectivity index (χ3v) is 6.60. The predicted octanol–water partition coefficient (Wildman–Crippen LogP) is 4.99. The van der Waals surface area contributed by atoms with Crippen LogP contribution in [0.25, 0.3) is 16.9 Å². The smallest absolute Gasteiger partial charge is 0.352 e. The van der Waals surface area contributed by atoms with Crippen LogP contribution >= 0.6 is 34.9 Å². The number of rotatable bonds is 6. The van der Waals surface area contributed by atoms with Crippen molar-refractivity contribution in [3.8, 4) is 5.82 Å². The van der Waals surface area contributed by atoms with Gasteiger partial charge in [-0.3, -0.25) is 9.59 Å². The van der Waals surface area contributed by atoms with E-state index in [9.17, 15) is 22.8 Å². The number of nitrogens with zero attached hydrogens (tertiary/aromatic N) is 5. The molecule has 1 aliphatic carbocycles. The van der Waals surface area contributed by atoms with Gasteiger partial charge in [-0.15, -0.1) is 0 Å². The number of nitrogens with one attached hydrogen (secondary N) is 2. The third-order valence-electron chi connectivity index (χ3n) is 5.40. The van der Waals surface area contributed by atoms with E-state index in [0.29, 0.717) is 28.7 Å². The normalized spacial score (nSPS) is 13.7. The Morgan fingerprint density at radius 3 is 2.64 bits per heavy atom. The predicted molar refractivity (Wildman–Crippen MR) is 127 cm³/mol. The Morgan fingerprint density at radius 2 is 1.94 bits per heavy atom. The largest absolute Gasteiger partial charge is 0.435 e. The summed E-state index contributed by atoms with van der Waals surface area (Å²) in [4.78, 5) is 30.2. The van der Waals surface area contributed by atoms with E-state index in [1.165, 1.54) is 24.4 Å². The van der Waals surface area contributed by atoms with Crippen LogP contribution in [0.2, 0.25) is 10.0 Å². The first-order valence-corrected chi connectivity index (χ1v) is 11.9. The molecule has 1 fully saturated rings. The Labute approximate surface area is 214 Å². The first-order valence-electron chi connectivity index (χ1n) is 10.5. The number of carbonyl (C=O) groups is 2. The number of hydrogen-bond donors (Lipinski definition) is 2. The van der Waals surface area contributed by atoms with Crippen LogP contribution in [0.3, 0.4) is 0 Å². The zero-order valence-corrected chi connectivity index (χ0v) is 20.3. The van der Waals surface area contributed by atoms with Crippen LogP contribution in [0.15, 0.2) is 30.5 Å². The summed E-state index contributed by atoms with van der Waals surface area (Å²) in [7, 11) is 0. The fraction of sp³-hybridized carbons (Fsp3) is 0.238. The molecular weight excluding hydrogens is 542 g/mol. The first-order chi connectivity index (χ1) is 17.1. The van der Waals surface area contributed by atoms with Gasteiger partial charge in [-0.1, -0.05) is 23.2 Å². The first kappa shape index (κ1) is 24.4. The minimum atomic E-state index is -4.85. The van der Waals surface area contributed by atoms with Gasteiger partial charge in [0.15, 0.2) is 11.5 Å². The topological polar surface area (TPSA) is 115 Å². The van der Waals surface area contributed by atoms with Crippen molar-refractivity contribution in [3.05, 3.63) is 57.5 Å². The van der Waals surface area contributed by atoms with Crippen molar-refractivity contribution in [2.45, 2.75) is 19.0 Å². The highest BCUT2D eigenvalue weighted by molar-refractivity contribution is 7.00. The van der Waals surface area contributed by atoms with Gasteiger partial charge in [0.1, 0.15) is 16.7 Å². The number of aromatic nitrogens is 5. The lowest BCUT2D eigenvalue weighted by Gasteiger charge is -2.14. The van der Waals surface area contributed by atoms with Crippen LogP contribution < -0.4 is 10.6 Å². The average Bonchev–Trinajstić information content (AvgIpc) is 3.34. The van der Waals surface area contributed by atoms with E-state index in [4.69, 9.17) is 23.2 Å². The fourth-order valence-electron chi connectivity index (χ4n) is 3.40. The Balaban J connectivity index is 1.57. The van der Waals surface area contributed by atoms with Crippen LogP contribution in [0.4, 0.5) is 18.9 Å². The molecular formula is C21H14Cl2F3N7O2S. The van der Waals surface area contributed by atoms with Gasteiger partial charge in [-0.2, -0.15) is 27.0 Å². The second-order valence-electron chi connectivity index (χ2n) is 7.99. The molecule has 1 aliphatic rings. The second kappa shape index (κ2) is 9.30. The third kappa shape index (κ3) is 4.73. The minimum absolute atomic E-state index is 0.00724. The summed E-state index contributed by atoms with van der Waals surface area (Å²) in [5, 5.41) is 8.63. The fourth-order valence-corrected chi connectivity index (χ4v) is 4.47. The van der Waals surface area contributed by atoms with Gasteiger partial charge < -0.3 is 10.6 Å². The molecule has 0 radical (unpaired) electrons. The van der Waals surface area contributed by atoms with E-state index in [-0.39, 0.29) is 32.6 Å². The number of alkyl halides is 3. The molecule has 5 rings (SSSR count). The summed E-state index contributed by atoms with van der Waals surface area (Å²) in [5.74, 6) is -1.36. The molecule has 1 aromatic carbocycles. The number of fused-ring (bicyclic) bond motifs is 1. The molecule has 2 amide bonds. The van der Waals surface area contributed by atoms with E-state index in [1.54, 1.807) is 0 Å². The van der Waals surface area contributed by atoms with Crippen molar-refractivity contribution in [1.82, 2.24) is 28.8 Å². The van der Waals surface area contributed by atoms with E-state index in [2.05, 4.69) is 29.5 Å². The number of carbonyl (C=O) groups excluding carboxylic acids is 2. The van der Waals surface area contributed by atoms with E-state index in [0.717, 1.165) is 24.6 Å². The molecule has 15 heteroatoms. The van der Waals surface area contributed by atoms with Crippen LogP contribution in [0.1, 0.15) is 39.4 Å². The SMILES string of the molecule is O=C(NCC1CC1)c1cc2nsnc2c(Cl)c1NC(=O)c1cc(C(F)(F)F)nn1-c1ncccc1Cl. The zero-order valence-electron chi connectivity index (χ0n) is 17.9. The summed E-state index contributed by atoms with van der Waals surface area (Å²) in [5.41, 5.74) is -1.42. The zero-order chi connectivity index (χ0) is 25.6. The molecule has 2 N–H and O–H groups in total. The van der Waals surface area contributed by atoms with Crippen molar-refractivity contribution < 1.29 is 22.8 Å². The monoisotopic (exact) mass is 555 g/mol. The van der Waals surface area contributed by atoms with Gasteiger partial charge in [0.25, 0.3) is 11.8 Å². The van der Waals surface area contributed by atoms with E-state index in [1.807, 2.05) is 0 Å². The van der Waals surface area contributed by atoms with Gasteiger partial charge in [-0.25, -0.2) is 9.67 Å². The van der Waals surface area contributed by atoms with Crippen LogP contribution in [-0.4, -0.2) is 41.9 Å². The number of pyridine rings is 1. The summed E-state index contributed by atoms with van der Waals surface area (Å²) in [6.45, 7) is 0.442. The highest BCUT2D eigenvalue weighted by Crippen LogP contribution is 2.36. The standard InChI is InChI=1S/C21H14Cl2F3N7O2S/c22-11-2-1-5-27-18(11)33-13(7-14(30-33)21(24,25)26)20(35)29-16-10(19(34)28-8-9-3-4-9)6-12-17(15(16)23)32-36-31-12/h1-2,5-7,9H,3-4,8H2,(H,28,34)(H,29,35). The Kier molecular flexibility index (Phi) is 6.30. The highest BCUT2D eigenvalue weighted by atomic mass is 35.5. The summed E-state index contributed by atoms with van der Waals surface area (Å²) >= 11 is 13.4.